The van der Waals surface area contributed by atoms with Crippen LogP contribution in [0.25, 0.3) is 27.6 Å². The Kier molecular flexibility index (Phi) is 8.98. The zero-order valence-electron chi connectivity index (χ0n) is 34.1. The van der Waals surface area contributed by atoms with Crippen molar-refractivity contribution in [2.24, 2.45) is 0 Å². The highest BCUT2D eigenvalue weighted by atomic mass is 19.4. The van der Waals surface area contributed by atoms with Crippen molar-refractivity contribution in [3.05, 3.63) is 144 Å². The number of hydrogen-bond acceptors (Lipinski definition) is 4. The summed E-state index contributed by atoms with van der Waals surface area (Å²) >= 11 is 0. The Morgan fingerprint density at radius 2 is 1.16 bits per heavy atom. The lowest BCUT2D eigenvalue weighted by Crippen LogP contribution is -2.25. The third-order valence-corrected chi connectivity index (χ3v) is 11.0. The van der Waals surface area contributed by atoms with E-state index in [1.165, 1.54) is 11.1 Å². The maximum absolute atomic E-state index is 15.1. The highest BCUT2D eigenvalue weighted by molar-refractivity contribution is 6.11. The molecule has 0 N–H and O–H groups in total. The van der Waals surface area contributed by atoms with Gasteiger partial charge in [0.1, 0.15) is 24.0 Å². The fourth-order valence-corrected chi connectivity index (χ4v) is 7.75. The van der Waals surface area contributed by atoms with Gasteiger partial charge in [-0.1, -0.05) is 105 Å². The van der Waals surface area contributed by atoms with Gasteiger partial charge in [0.15, 0.2) is 0 Å². The Morgan fingerprint density at radius 1 is 0.544 bits per heavy atom. The van der Waals surface area contributed by atoms with Crippen LogP contribution in [0.1, 0.15) is 84.6 Å². The normalized spacial score (nSPS) is 13.8. The van der Waals surface area contributed by atoms with Gasteiger partial charge in [0.05, 0.1) is 28.0 Å². The number of alkyl halides is 3. The number of hydrogen-bond donors (Lipinski definition) is 0. The first-order valence-electron chi connectivity index (χ1n) is 19.5. The van der Waals surface area contributed by atoms with Gasteiger partial charge >= 0.3 is 6.18 Å². The van der Waals surface area contributed by atoms with Crippen molar-refractivity contribution >= 4 is 44.6 Å². The minimum absolute atomic E-state index is 0.0447. The minimum Gasteiger partial charge on any atom is -0.457 e. The predicted molar refractivity (Wildman–Crippen MR) is 228 cm³/mol. The molecule has 8 rings (SSSR count). The number of nitrogens with zero attached hydrogens (tertiary/aromatic N) is 4. The molecule has 0 fully saturated rings. The number of aromatic nitrogens is 2. The zero-order valence-corrected chi connectivity index (χ0v) is 34.1. The number of benzene rings is 5. The molecule has 8 heteroatoms. The van der Waals surface area contributed by atoms with Gasteiger partial charge in [-0.2, -0.15) is 13.2 Å². The van der Waals surface area contributed by atoms with Crippen LogP contribution >= 0.6 is 0 Å². The summed E-state index contributed by atoms with van der Waals surface area (Å²) in [6, 6.07) is 36.7. The Balaban J connectivity index is 1.21. The monoisotopic (exact) mass is 766 g/mol. The Bertz CT molecular complexity index is 2620. The van der Waals surface area contributed by atoms with Crippen LogP contribution in [0.4, 0.5) is 35.9 Å². The van der Waals surface area contributed by atoms with Crippen LogP contribution in [0.15, 0.2) is 121 Å². The molecule has 292 valence electrons. The smallest absolute Gasteiger partial charge is 0.417 e. The summed E-state index contributed by atoms with van der Waals surface area (Å²) in [6.07, 6.45) is -2.93. The van der Waals surface area contributed by atoms with E-state index in [0.717, 1.165) is 34.4 Å². The van der Waals surface area contributed by atoms with Crippen molar-refractivity contribution in [2.45, 2.75) is 84.7 Å². The second-order valence-electron chi connectivity index (χ2n) is 18.2. The minimum atomic E-state index is -4.64. The number of fused-ring (bicyclic) bond motifs is 4. The van der Waals surface area contributed by atoms with E-state index < -0.39 is 11.7 Å². The highest BCUT2D eigenvalue weighted by Crippen LogP contribution is 2.48. The summed E-state index contributed by atoms with van der Waals surface area (Å²) in [5.41, 5.74) is 7.60. The van der Waals surface area contributed by atoms with Crippen LogP contribution in [0.2, 0.25) is 0 Å². The summed E-state index contributed by atoms with van der Waals surface area (Å²) in [5.74, 6) is 1.05. The largest absolute Gasteiger partial charge is 0.457 e. The molecule has 3 heterocycles. The van der Waals surface area contributed by atoms with E-state index in [9.17, 15) is 0 Å². The lowest BCUT2D eigenvalue weighted by atomic mass is 9.80. The number of halogens is 3. The lowest BCUT2D eigenvalue weighted by Gasteiger charge is -2.29. The van der Waals surface area contributed by atoms with E-state index in [-0.39, 0.29) is 27.4 Å². The van der Waals surface area contributed by atoms with Crippen molar-refractivity contribution in [2.75, 3.05) is 16.5 Å². The van der Waals surface area contributed by atoms with Crippen LogP contribution in [-0.2, 0) is 22.4 Å². The third kappa shape index (κ3) is 7.11. The molecule has 0 saturated heterocycles. The van der Waals surface area contributed by atoms with Gasteiger partial charge in [-0.3, -0.25) is 4.57 Å². The topological polar surface area (TPSA) is 33.5 Å². The van der Waals surface area contributed by atoms with Gasteiger partial charge in [0.2, 0.25) is 0 Å². The van der Waals surface area contributed by atoms with Gasteiger partial charge in [-0.05, 0) is 93.6 Å². The van der Waals surface area contributed by atoms with E-state index >= 15 is 13.2 Å². The zero-order chi connectivity index (χ0) is 40.7. The molecule has 1 aliphatic heterocycles. The Morgan fingerprint density at radius 3 is 1.79 bits per heavy atom. The van der Waals surface area contributed by atoms with Crippen molar-refractivity contribution in [1.29, 1.82) is 0 Å². The summed E-state index contributed by atoms with van der Waals surface area (Å²) in [6.45, 7) is 20.3. The molecule has 0 amide bonds. The number of anilines is 4. The fourth-order valence-electron chi connectivity index (χ4n) is 7.75. The van der Waals surface area contributed by atoms with Crippen molar-refractivity contribution in [3.63, 3.8) is 0 Å². The highest BCUT2D eigenvalue weighted by Gasteiger charge is 2.36. The molecule has 0 radical (unpaired) electrons. The van der Waals surface area contributed by atoms with E-state index in [0.29, 0.717) is 34.7 Å². The average molecular weight is 767 g/mol. The molecule has 7 aromatic rings. The fraction of sp³-hybridized carbons (Fsp3) is 0.286. The Labute approximate surface area is 333 Å². The average Bonchev–Trinajstić information content (AvgIpc) is 3.69. The second-order valence-corrected chi connectivity index (χ2v) is 18.2. The van der Waals surface area contributed by atoms with Gasteiger partial charge in [-0.25, -0.2) is 4.98 Å². The molecule has 0 aliphatic carbocycles. The number of para-hydroxylation sites is 3. The standard InChI is InChI=1S/C49H49F3N4O/c1-46(2,3)31-21-22-53-44(26-31)56-40-18-11-10-17-38(40)45-39(49(50,51)52)28-37(29-43(45)56)57-36-16-14-15-34(27-36)54-30-55(42-20-13-12-19-41(42)54)35-24-32(47(4,5)6)23-33(25-35)48(7,8)9/h10-29H,30H2,1-9H3. The molecule has 0 bridgehead atoms. The number of ether oxygens (including phenoxy) is 1. The molecular formula is C49H49F3N4O. The summed E-state index contributed by atoms with van der Waals surface area (Å²) in [7, 11) is 0. The molecule has 0 spiro atoms. The SMILES string of the molecule is CC(C)(C)c1cc(N2CN(c3cccc(Oc4cc(C(F)(F)F)c5c6ccccc6n(-c6cc(C(C)(C)C)ccn6)c5c4)c3)c3ccccc32)cc(C(C)(C)C)c1. The molecular weight excluding hydrogens is 718 g/mol. The van der Waals surface area contributed by atoms with Crippen LogP contribution in [-0.4, -0.2) is 16.2 Å². The van der Waals surface area contributed by atoms with E-state index in [2.05, 4.69) is 113 Å². The molecule has 57 heavy (non-hydrogen) atoms. The third-order valence-electron chi connectivity index (χ3n) is 11.0. The summed E-state index contributed by atoms with van der Waals surface area (Å²) < 4.78 is 53.4. The van der Waals surface area contributed by atoms with Crippen molar-refractivity contribution < 1.29 is 17.9 Å². The first kappa shape index (κ1) is 38.1. The lowest BCUT2D eigenvalue weighted by molar-refractivity contribution is -0.136. The van der Waals surface area contributed by atoms with Gasteiger partial charge < -0.3 is 14.5 Å². The van der Waals surface area contributed by atoms with Crippen molar-refractivity contribution in [1.82, 2.24) is 9.55 Å². The predicted octanol–water partition coefficient (Wildman–Crippen LogP) is 14.1. The first-order chi connectivity index (χ1) is 26.8. The van der Waals surface area contributed by atoms with Gasteiger partial charge in [-0.15, -0.1) is 0 Å². The quantitative estimate of drug-likeness (QED) is 0.175. The maximum atomic E-state index is 15.1. The molecule has 0 unspecified atom stereocenters. The number of rotatable bonds is 5. The Hall–Kier alpha value is -5.76. The second kappa shape index (κ2) is 13.4. The summed E-state index contributed by atoms with van der Waals surface area (Å²) in [4.78, 5) is 9.22. The van der Waals surface area contributed by atoms with Crippen molar-refractivity contribution in [3.8, 4) is 17.3 Å². The first-order valence-corrected chi connectivity index (χ1v) is 19.5. The molecule has 0 saturated carbocycles. The maximum Gasteiger partial charge on any atom is 0.417 e. The van der Waals surface area contributed by atoms with E-state index in [1.807, 2.05) is 53.1 Å². The van der Waals surface area contributed by atoms with E-state index in [4.69, 9.17) is 4.74 Å². The van der Waals surface area contributed by atoms with Crippen LogP contribution in [0.3, 0.4) is 0 Å². The molecule has 0 atom stereocenters. The van der Waals surface area contributed by atoms with Gasteiger partial charge in [0, 0.05) is 40.5 Å². The van der Waals surface area contributed by atoms with Crippen LogP contribution in [0.5, 0.6) is 11.5 Å². The molecule has 5 nitrogen and oxygen atoms in total. The summed E-state index contributed by atoms with van der Waals surface area (Å²) in [5, 5.41) is 0.609. The molecule has 5 aromatic carbocycles. The number of pyridine rings is 1. The van der Waals surface area contributed by atoms with Crippen LogP contribution in [0, 0.1) is 0 Å². The molecule has 2 aromatic heterocycles. The van der Waals surface area contributed by atoms with E-state index in [1.54, 1.807) is 30.5 Å². The molecule has 1 aliphatic rings. The van der Waals surface area contributed by atoms with Crippen LogP contribution < -0.4 is 14.5 Å². The van der Waals surface area contributed by atoms with Gasteiger partial charge in [0.25, 0.3) is 0 Å².